The second kappa shape index (κ2) is 6.23. The van der Waals surface area contributed by atoms with Crippen LogP contribution in [0.5, 0.6) is 0 Å². The second-order valence-corrected chi connectivity index (χ2v) is 7.78. The molecule has 0 saturated heterocycles. The van der Waals surface area contributed by atoms with Crippen molar-refractivity contribution in [3.63, 3.8) is 0 Å². The van der Waals surface area contributed by atoms with E-state index in [-0.39, 0.29) is 11.5 Å². The molecule has 0 aliphatic heterocycles. The van der Waals surface area contributed by atoms with Gasteiger partial charge in [0.05, 0.1) is 12.0 Å². The van der Waals surface area contributed by atoms with E-state index in [1.54, 1.807) is 0 Å². The molecule has 23 heavy (non-hydrogen) atoms. The monoisotopic (exact) mass is 321 g/mol. The molecule has 0 bridgehead atoms. The largest absolute Gasteiger partial charge is 0.460 e. The molecule has 6 nitrogen and oxygen atoms in total. The topological polar surface area (TPSA) is 77.2 Å². The Morgan fingerprint density at radius 2 is 2.04 bits per heavy atom. The summed E-state index contributed by atoms with van der Waals surface area (Å²) in [6.45, 7) is 6.22. The molecule has 0 radical (unpaired) electrons. The first-order valence-electron chi connectivity index (χ1n) is 8.69. The molecule has 0 spiro atoms. The molecule has 2 saturated carbocycles. The summed E-state index contributed by atoms with van der Waals surface area (Å²) in [4.78, 5) is 16.5. The molecule has 0 amide bonds. The molecule has 2 aliphatic rings. The molecule has 0 unspecified atom stereocenters. The first-order chi connectivity index (χ1) is 10.9. The zero-order chi connectivity index (χ0) is 16.5. The van der Waals surface area contributed by atoms with Crippen LogP contribution in [-0.2, 0) is 15.1 Å². The predicted octanol–water partition coefficient (Wildman–Crippen LogP) is 3.04. The van der Waals surface area contributed by atoms with Gasteiger partial charge in [-0.3, -0.25) is 4.79 Å². The highest BCUT2D eigenvalue weighted by molar-refractivity contribution is 5.70. The van der Waals surface area contributed by atoms with E-state index in [0.29, 0.717) is 18.9 Å². The number of hydrogen-bond acceptors (Lipinski definition) is 6. The van der Waals surface area contributed by atoms with Crippen LogP contribution in [0.1, 0.15) is 83.3 Å². The normalized spacial score (nSPS) is 20.7. The van der Waals surface area contributed by atoms with E-state index < -0.39 is 5.60 Å². The van der Waals surface area contributed by atoms with Crippen LogP contribution in [0, 0.1) is 0 Å². The van der Waals surface area contributed by atoms with Crippen molar-refractivity contribution in [2.75, 3.05) is 6.54 Å². The number of rotatable bonds is 6. The lowest BCUT2D eigenvalue weighted by atomic mass is 9.96. The Morgan fingerprint density at radius 1 is 1.35 bits per heavy atom. The molecular weight excluding hydrogens is 294 g/mol. The van der Waals surface area contributed by atoms with Crippen molar-refractivity contribution >= 4 is 5.97 Å². The average molecular weight is 321 g/mol. The number of aromatic nitrogens is 2. The van der Waals surface area contributed by atoms with Crippen LogP contribution >= 0.6 is 0 Å². The standard InChI is InChI=1S/C17H27N3O3/c1-16(2,3)22-13(21)8-11-18-17(9-4-5-10-17)15-19-14(23-20-15)12-6-7-12/h12,18H,4-11H2,1-3H3. The third-order valence-corrected chi connectivity index (χ3v) is 4.47. The number of nitrogens with zero attached hydrogens (tertiary/aromatic N) is 2. The number of carbonyl (C=O) groups excluding carboxylic acids is 1. The van der Waals surface area contributed by atoms with E-state index in [1.165, 1.54) is 0 Å². The maximum absolute atomic E-state index is 11.9. The molecule has 1 N–H and O–H groups in total. The third-order valence-electron chi connectivity index (χ3n) is 4.47. The van der Waals surface area contributed by atoms with Gasteiger partial charge in [0, 0.05) is 12.5 Å². The molecule has 1 heterocycles. The Bertz CT molecular complexity index is 552. The van der Waals surface area contributed by atoms with Gasteiger partial charge in [0.1, 0.15) is 5.60 Å². The van der Waals surface area contributed by atoms with Gasteiger partial charge in [0.25, 0.3) is 0 Å². The van der Waals surface area contributed by atoms with Crippen molar-refractivity contribution in [2.45, 2.75) is 82.8 Å². The summed E-state index contributed by atoms with van der Waals surface area (Å²) < 4.78 is 10.8. The number of nitrogens with one attached hydrogen (secondary N) is 1. The van der Waals surface area contributed by atoms with Crippen LogP contribution in [0.15, 0.2) is 4.52 Å². The van der Waals surface area contributed by atoms with Gasteiger partial charge in [0.2, 0.25) is 5.89 Å². The Kier molecular flexibility index (Phi) is 4.45. The minimum absolute atomic E-state index is 0.176. The number of hydrogen-bond donors (Lipinski definition) is 1. The van der Waals surface area contributed by atoms with Gasteiger partial charge in [-0.25, -0.2) is 0 Å². The molecule has 2 aliphatic carbocycles. The van der Waals surface area contributed by atoms with Gasteiger partial charge >= 0.3 is 5.97 Å². The van der Waals surface area contributed by atoms with Gasteiger partial charge in [-0.2, -0.15) is 4.98 Å². The third kappa shape index (κ3) is 4.10. The number of ether oxygens (including phenoxy) is 1. The molecular formula is C17H27N3O3. The fourth-order valence-corrected chi connectivity index (χ4v) is 3.18. The molecule has 0 atom stereocenters. The van der Waals surface area contributed by atoms with Crippen LogP contribution in [0.25, 0.3) is 0 Å². The summed E-state index contributed by atoms with van der Waals surface area (Å²) >= 11 is 0. The van der Waals surface area contributed by atoms with Gasteiger partial charge in [-0.15, -0.1) is 0 Å². The smallest absolute Gasteiger partial charge is 0.307 e. The first-order valence-corrected chi connectivity index (χ1v) is 8.69. The van der Waals surface area contributed by atoms with E-state index >= 15 is 0 Å². The quantitative estimate of drug-likeness (QED) is 0.812. The van der Waals surface area contributed by atoms with Crippen molar-refractivity contribution in [2.24, 2.45) is 0 Å². The van der Waals surface area contributed by atoms with E-state index in [0.717, 1.165) is 50.2 Å². The first kappa shape index (κ1) is 16.4. The van der Waals surface area contributed by atoms with Crippen LogP contribution in [0.3, 0.4) is 0 Å². The summed E-state index contributed by atoms with van der Waals surface area (Å²) in [5.41, 5.74) is -0.673. The molecule has 128 valence electrons. The summed E-state index contributed by atoms with van der Waals surface area (Å²) in [5, 5.41) is 7.74. The summed E-state index contributed by atoms with van der Waals surface area (Å²) in [6.07, 6.45) is 6.93. The number of carbonyl (C=O) groups is 1. The summed E-state index contributed by atoms with van der Waals surface area (Å²) in [5.74, 6) is 1.84. The molecule has 1 aromatic heterocycles. The lowest BCUT2D eigenvalue weighted by molar-refractivity contribution is -0.154. The highest BCUT2D eigenvalue weighted by atomic mass is 16.6. The Morgan fingerprint density at radius 3 is 2.65 bits per heavy atom. The predicted molar refractivity (Wildman–Crippen MR) is 84.9 cm³/mol. The van der Waals surface area contributed by atoms with Gasteiger partial charge in [-0.05, 0) is 46.5 Å². The molecule has 3 rings (SSSR count). The van der Waals surface area contributed by atoms with Crippen LogP contribution < -0.4 is 5.32 Å². The van der Waals surface area contributed by atoms with E-state index in [9.17, 15) is 4.79 Å². The Labute approximate surface area is 137 Å². The van der Waals surface area contributed by atoms with E-state index in [1.807, 2.05) is 20.8 Å². The lowest BCUT2D eigenvalue weighted by Crippen LogP contribution is -2.42. The molecule has 2 fully saturated rings. The van der Waals surface area contributed by atoms with Crippen molar-refractivity contribution < 1.29 is 14.1 Å². The van der Waals surface area contributed by atoms with Crippen molar-refractivity contribution in [3.05, 3.63) is 11.7 Å². The Balaban J connectivity index is 1.58. The SMILES string of the molecule is CC(C)(C)OC(=O)CCNC1(c2noc(C3CC3)n2)CCCC1. The number of esters is 1. The van der Waals surface area contributed by atoms with Crippen LogP contribution in [0.4, 0.5) is 0 Å². The van der Waals surface area contributed by atoms with Gasteiger partial charge in [0.15, 0.2) is 5.82 Å². The molecule has 0 aromatic carbocycles. The Hall–Kier alpha value is -1.43. The maximum atomic E-state index is 11.9. The van der Waals surface area contributed by atoms with Crippen LogP contribution in [-0.4, -0.2) is 28.3 Å². The van der Waals surface area contributed by atoms with Crippen molar-refractivity contribution in [3.8, 4) is 0 Å². The molecule has 1 aromatic rings. The lowest BCUT2D eigenvalue weighted by Gasteiger charge is -2.27. The fraction of sp³-hybridized carbons (Fsp3) is 0.824. The zero-order valence-corrected chi connectivity index (χ0v) is 14.4. The van der Waals surface area contributed by atoms with Gasteiger partial charge < -0.3 is 14.6 Å². The summed E-state index contributed by atoms with van der Waals surface area (Å²) in [7, 11) is 0. The maximum Gasteiger partial charge on any atom is 0.307 e. The fourth-order valence-electron chi connectivity index (χ4n) is 3.18. The van der Waals surface area contributed by atoms with Crippen molar-refractivity contribution in [1.29, 1.82) is 0 Å². The highest BCUT2D eigenvalue weighted by Gasteiger charge is 2.41. The van der Waals surface area contributed by atoms with E-state index in [2.05, 4.69) is 15.5 Å². The minimum Gasteiger partial charge on any atom is -0.460 e. The van der Waals surface area contributed by atoms with Gasteiger partial charge in [-0.1, -0.05) is 18.0 Å². The zero-order valence-electron chi connectivity index (χ0n) is 14.4. The second-order valence-electron chi connectivity index (χ2n) is 7.78. The molecule has 6 heteroatoms. The highest BCUT2D eigenvalue weighted by Crippen LogP contribution is 2.42. The average Bonchev–Trinajstić information content (AvgIpc) is 2.99. The summed E-state index contributed by atoms with van der Waals surface area (Å²) in [6, 6.07) is 0. The van der Waals surface area contributed by atoms with Crippen molar-refractivity contribution in [1.82, 2.24) is 15.5 Å². The minimum atomic E-state index is -0.436. The van der Waals surface area contributed by atoms with E-state index in [4.69, 9.17) is 9.26 Å². The van der Waals surface area contributed by atoms with Crippen LogP contribution in [0.2, 0.25) is 0 Å².